The number of carbonyl (C=O) groups excluding carboxylic acids is 1. The van der Waals surface area contributed by atoms with E-state index in [1.54, 1.807) is 0 Å². The number of nitrogens with zero attached hydrogens (tertiary/aromatic N) is 2. The first-order chi connectivity index (χ1) is 9.13. The fourth-order valence-electron chi connectivity index (χ4n) is 3.35. The molecule has 2 atom stereocenters. The Morgan fingerprint density at radius 1 is 1.53 bits per heavy atom. The Bertz CT molecular complexity index is 406. The average Bonchev–Trinajstić information content (AvgIpc) is 2.39. The maximum absolute atomic E-state index is 11.6. The number of pyridine rings is 1. The minimum absolute atomic E-state index is 0.138. The second-order valence-corrected chi connectivity index (χ2v) is 6.18. The highest BCUT2D eigenvalue weighted by atomic mass is 16.1. The molecule has 0 aliphatic heterocycles. The number of aromatic nitrogens is 1. The quantitative estimate of drug-likeness (QED) is 0.763. The van der Waals surface area contributed by atoms with E-state index < -0.39 is 0 Å². The van der Waals surface area contributed by atoms with Crippen molar-refractivity contribution in [2.24, 2.45) is 11.3 Å². The van der Waals surface area contributed by atoms with Gasteiger partial charge in [-0.1, -0.05) is 25.8 Å². The molecule has 2 rings (SSSR count). The van der Waals surface area contributed by atoms with Crippen LogP contribution in [0.25, 0.3) is 0 Å². The van der Waals surface area contributed by atoms with Crippen molar-refractivity contribution in [3.05, 3.63) is 30.1 Å². The summed E-state index contributed by atoms with van der Waals surface area (Å²) in [6.07, 6.45) is 7.53. The van der Waals surface area contributed by atoms with Crippen molar-refractivity contribution in [1.29, 1.82) is 0 Å². The second kappa shape index (κ2) is 6.29. The molecule has 0 N–H and O–H groups in total. The molecule has 0 spiro atoms. The van der Waals surface area contributed by atoms with E-state index in [0.717, 1.165) is 31.6 Å². The predicted molar refractivity (Wildman–Crippen MR) is 76.7 cm³/mol. The van der Waals surface area contributed by atoms with Crippen molar-refractivity contribution in [1.82, 2.24) is 9.88 Å². The summed E-state index contributed by atoms with van der Waals surface area (Å²) in [5.74, 6) is 0.669. The van der Waals surface area contributed by atoms with Crippen LogP contribution in [0.2, 0.25) is 0 Å². The molecule has 0 aromatic carbocycles. The van der Waals surface area contributed by atoms with E-state index in [9.17, 15) is 4.79 Å². The van der Waals surface area contributed by atoms with Crippen LogP contribution in [0, 0.1) is 11.3 Å². The van der Waals surface area contributed by atoms with E-state index in [0.29, 0.717) is 5.92 Å². The molecule has 0 amide bonds. The van der Waals surface area contributed by atoms with Crippen LogP contribution in [0.15, 0.2) is 24.4 Å². The van der Waals surface area contributed by atoms with Gasteiger partial charge in [0, 0.05) is 24.7 Å². The summed E-state index contributed by atoms with van der Waals surface area (Å²) in [4.78, 5) is 18.1. The van der Waals surface area contributed by atoms with Gasteiger partial charge >= 0.3 is 0 Å². The van der Waals surface area contributed by atoms with Gasteiger partial charge in [-0.15, -0.1) is 0 Å². The lowest BCUT2D eigenvalue weighted by Gasteiger charge is -2.38. The lowest BCUT2D eigenvalue weighted by atomic mass is 9.71. The molecule has 1 saturated carbocycles. The summed E-state index contributed by atoms with van der Waals surface area (Å²) >= 11 is 0. The first-order valence-electron chi connectivity index (χ1n) is 7.18. The lowest BCUT2D eigenvalue weighted by Crippen LogP contribution is -2.40. The van der Waals surface area contributed by atoms with Crippen LogP contribution in [-0.2, 0) is 11.3 Å². The monoisotopic (exact) mass is 260 g/mol. The summed E-state index contributed by atoms with van der Waals surface area (Å²) < 4.78 is 0. The molecule has 0 saturated heterocycles. The molecule has 2 unspecified atom stereocenters. The first-order valence-corrected chi connectivity index (χ1v) is 7.18. The Morgan fingerprint density at radius 3 is 3.00 bits per heavy atom. The van der Waals surface area contributed by atoms with Gasteiger partial charge in [0.05, 0.1) is 5.69 Å². The Hall–Kier alpha value is -1.22. The molecule has 0 radical (unpaired) electrons. The number of hydrogen-bond donors (Lipinski definition) is 0. The Kier molecular flexibility index (Phi) is 4.70. The number of hydrogen-bond acceptors (Lipinski definition) is 3. The second-order valence-electron chi connectivity index (χ2n) is 6.18. The van der Waals surface area contributed by atoms with Gasteiger partial charge in [0.2, 0.25) is 0 Å². The molecule has 19 heavy (non-hydrogen) atoms. The Labute approximate surface area is 116 Å². The molecule has 3 nitrogen and oxygen atoms in total. The summed E-state index contributed by atoms with van der Waals surface area (Å²) in [6.45, 7) is 3.92. The van der Waals surface area contributed by atoms with Crippen LogP contribution in [0.4, 0.5) is 0 Å². The number of carbonyl (C=O) groups is 1. The van der Waals surface area contributed by atoms with E-state index in [2.05, 4.69) is 23.9 Å². The zero-order valence-electron chi connectivity index (χ0n) is 12.0. The highest BCUT2D eigenvalue weighted by Gasteiger charge is 2.35. The van der Waals surface area contributed by atoms with Crippen molar-refractivity contribution in [3.63, 3.8) is 0 Å². The van der Waals surface area contributed by atoms with Crippen LogP contribution < -0.4 is 0 Å². The van der Waals surface area contributed by atoms with Crippen molar-refractivity contribution in [2.75, 3.05) is 13.6 Å². The third-order valence-electron chi connectivity index (χ3n) is 4.12. The molecule has 0 bridgehead atoms. The standard InChI is InChI=1S/C16H24N2O/c1-14-6-5-8-16(10-14,13-19)12-18(2)11-15-7-3-4-9-17-15/h3-4,7,9,13-14H,5-6,8,10-12H2,1-2H3. The molecular weight excluding hydrogens is 236 g/mol. The molecule has 3 heteroatoms. The van der Waals surface area contributed by atoms with Gasteiger partial charge < -0.3 is 4.79 Å². The van der Waals surface area contributed by atoms with Crippen LogP contribution >= 0.6 is 0 Å². The summed E-state index contributed by atoms with van der Waals surface area (Å²) in [6, 6.07) is 5.97. The van der Waals surface area contributed by atoms with E-state index in [1.807, 2.05) is 24.4 Å². The SMILES string of the molecule is CC1CCCC(C=O)(CN(C)Cc2ccccn2)C1. The van der Waals surface area contributed by atoms with Crippen molar-refractivity contribution in [2.45, 2.75) is 39.2 Å². The fraction of sp³-hybridized carbons (Fsp3) is 0.625. The molecule has 1 aromatic rings. The molecule has 104 valence electrons. The summed E-state index contributed by atoms with van der Waals surface area (Å²) in [5.41, 5.74) is 0.927. The van der Waals surface area contributed by atoms with Gasteiger partial charge in [-0.2, -0.15) is 0 Å². The van der Waals surface area contributed by atoms with E-state index in [4.69, 9.17) is 0 Å². The molecule has 1 heterocycles. The van der Waals surface area contributed by atoms with Crippen LogP contribution in [0.3, 0.4) is 0 Å². The minimum atomic E-state index is -0.138. The molecule has 1 aromatic heterocycles. The van der Waals surface area contributed by atoms with Gasteiger partial charge in [-0.25, -0.2) is 0 Å². The molecular formula is C16H24N2O. The fourth-order valence-corrected chi connectivity index (χ4v) is 3.35. The average molecular weight is 260 g/mol. The van der Waals surface area contributed by atoms with Crippen LogP contribution in [0.1, 0.15) is 38.3 Å². The number of aldehydes is 1. The molecule has 1 aliphatic carbocycles. The molecule has 1 fully saturated rings. The van der Waals surface area contributed by atoms with Crippen molar-refractivity contribution in [3.8, 4) is 0 Å². The van der Waals surface area contributed by atoms with Gasteiger partial charge in [-0.05, 0) is 37.9 Å². The highest BCUT2D eigenvalue weighted by molar-refractivity contribution is 5.60. The summed E-state index contributed by atoms with van der Waals surface area (Å²) in [5, 5.41) is 0. The van der Waals surface area contributed by atoms with E-state index >= 15 is 0 Å². The topological polar surface area (TPSA) is 33.2 Å². The van der Waals surface area contributed by atoms with E-state index in [-0.39, 0.29) is 5.41 Å². The van der Waals surface area contributed by atoms with Crippen LogP contribution in [0.5, 0.6) is 0 Å². The van der Waals surface area contributed by atoms with Crippen molar-refractivity contribution >= 4 is 6.29 Å². The normalized spacial score (nSPS) is 27.4. The maximum Gasteiger partial charge on any atom is 0.127 e. The van der Waals surface area contributed by atoms with E-state index in [1.165, 1.54) is 19.1 Å². The van der Waals surface area contributed by atoms with Gasteiger partial charge in [0.15, 0.2) is 0 Å². The number of rotatable bonds is 5. The van der Waals surface area contributed by atoms with Gasteiger partial charge in [-0.3, -0.25) is 9.88 Å². The summed E-state index contributed by atoms with van der Waals surface area (Å²) in [7, 11) is 2.08. The van der Waals surface area contributed by atoms with Crippen molar-refractivity contribution < 1.29 is 4.79 Å². The minimum Gasteiger partial charge on any atom is -0.303 e. The van der Waals surface area contributed by atoms with Gasteiger partial charge in [0.1, 0.15) is 6.29 Å². The smallest absolute Gasteiger partial charge is 0.127 e. The third-order valence-corrected chi connectivity index (χ3v) is 4.12. The predicted octanol–water partition coefficient (Wildman–Crippen LogP) is 2.91. The molecule has 1 aliphatic rings. The Balaban J connectivity index is 1.96. The largest absolute Gasteiger partial charge is 0.303 e. The Morgan fingerprint density at radius 2 is 2.37 bits per heavy atom. The maximum atomic E-state index is 11.6. The zero-order valence-corrected chi connectivity index (χ0v) is 12.0. The third kappa shape index (κ3) is 3.87. The highest BCUT2D eigenvalue weighted by Crippen LogP contribution is 2.38. The zero-order chi connectivity index (χ0) is 13.7. The van der Waals surface area contributed by atoms with Gasteiger partial charge in [0.25, 0.3) is 0 Å². The lowest BCUT2D eigenvalue weighted by molar-refractivity contribution is -0.119. The first kappa shape index (κ1) is 14.2. The van der Waals surface area contributed by atoms with Crippen LogP contribution in [-0.4, -0.2) is 29.8 Å².